The first-order chi connectivity index (χ1) is 17.5. The first-order valence-electron chi connectivity index (χ1n) is 10.3. The molecule has 0 atom stereocenters. The fourth-order valence-electron chi connectivity index (χ4n) is 3.29. The monoisotopic (exact) mass is 617 g/mol. The minimum absolute atomic E-state index is 0.00151. The van der Waals surface area contributed by atoms with Gasteiger partial charge in [-0.05, 0) is 71.9 Å². The first kappa shape index (κ1) is 27.6. The van der Waals surface area contributed by atoms with Crippen molar-refractivity contribution in [2.75, 3.05) is 7.11 Å². The number of nitrogens with zero attached hydrogens (tertiary/aromatic N) is 1. The maximum atomic E-state index is 13.0. The maximum Gasteiger partial charge on any atom is 0.339 e. The summed E-state index contributed by atoms with van der Waals surface area (Å²) in [6.07, 6.45) is 1.44. The van der Waals surface area contributed by atoms with Crippen LogP contribution in [0.15, 0.2) is 64.4 Å². The van der Waals surface area contributed by atoms with Crippen LogP contribution in [0.1, 0.15) is 11.1 Å². The highest BCUT2D eigenvalue weighted by Gasteiger charge is 2.36. The van der Waals surface area contributed by atoms with Gasteiger partial charge in [0.25, 0.3) is 11.1 Å². The lowest BCUT2D eigenvalue weighted by molar-refractivity contribution is -0.123. The van der Waals surface area contributed by atoms with Crippen molar-refractivity contribution in [2.24, 2.45) is 0 Å². The molecule has 4 rings (SSSR count). The molecule has 2 amide bonds. The summed E-state index contributed by atoms with van der Waals surface area (Å²) in [4.78, 5) is 26.6. The van der Waals surface area contributed by atoms with E-state index >= 15 is 0 Å². The van der Waals surface area contributed by atoms with Crippen molar-refractivity contribution in [3.63, 3.8) is 0 Å². The van der Waals surface area contributed by atoms with E-state index in [-0.39, 0.29) is 32.9 Å². The lowest BCUT2D eigenvalue weighted by Crippen LogP contribution is -2.27. The van der Waals surface area contributed by atoms with E-state index in [1.165, 1.54) is 49.6 Å². The second-order valence-corrected chi connectivity index (χ2v) is 11.7. The second-order valence-electron chi connectivity index (χ2n) is 7.49. The van der Waals surface area contributed by atoms with E-state index in [9.17, 15) is 18.0 Å². The Kier molecular flexibility index (Phi) is 8.32. The molecule has 0 aromatic heterocycles. The van der Waals surface area contributed by atoms with E-state index in [1.54, 1.807) is 18.2 Å². The number of benzene rings is 3. The average molecular weight is 619 g/mol. The van der Waals surface area contributed by atoms with Crippen LogP contribution in [0.3, 0.4) is 0 Å². The van der Waals surface area contributed by atoms with Gasteiger partial charge in [-0.25, -0.2) is 0 Å². The third-order valence-electron chi connectivity index (χ3n) is 5.10. The Morgan fingerprint density at radius 2 is 1.59 bits per heavy atom. The molecule has 0 aliphatic carbocycles. The summed E-state index contributed by atoms with van der Waals surface area (Å²) in [5.41, 5.74) is 0.821. The van der Waals surface area contributed by atoms with Gasteiger partial charge in [-0.15, -0.1) is 0 Å². The van der Waals surface area contributed by atoms with Gasteiger partial charge in [-0.1, -0.05) is 52.5 Å². The summed E-state index contributed by atoms with van der Waals surface area (Å²) in [6, 6.07) is 13.1. The molecule has 1 heterocycles. The van der Waals surface area contributed by atoms with Gasteiger partial charge >= 0.3 is 10.1 Å². The van der Waals surface area contributed by atoms with Gasteiger partial charge in [0.1, 0.15) is 4.90 Å². The van der Waals surface area contributed by atoms with Gasteiger partial charge in [-0.2, -0.15) is 8.42 Å². The molecule has 1 saturated heterocycles. The summed E-state index contributed by atoms with van der Waals surface area (Å²) in [6.45, 7) is -0.0973. The highest BCUT2D eigenvalue weighted by molar-refractivity contribution is 8.18. The van der Waals surface area contributed by atoms with Crippen molar-refractivity contribution in [2.45, 2.75) is 11.4 Å². The first-order valence-corrected chi connectivity index (χ1v) is 14.0. The molecule has 3 aromatic carbocycles. The van der Waals surface area contributed by atoms with Crippen molar-refractivity contribution in [3.8, 4) is 11.5 Å². The Morgan fingerprint density at radius 3 is 2.22 bits per heavy atom. The van der Waals surface area contributed by atoms with Gasteiger partial charge < -0.3 is 8.92 Å². The molecule has 1 fully saturated rings. The molecule has 13 heteroatoms. The van der Waals surface area contributed by atoms with Gasteiger partial charge in [-0.3, -0.25) is 14.5 Å². The fraction of sp³-hybridized carbons (Fsp3) is 0.0833. The predicted molar refractivity (Wildman–Crippen MR) is 145 cm³/mol. The van der Waals surface area contributed by atoms with Crippen molar-refractivity contribution >= 4 is 85.5 Å². The molecule has 0 N–H and O–H groups in total. The molecule has 192 valence electrons. The van der Waals surface area contributed by atoms with Crippen LogP contribution in [0.5, 0.6) is 11.5 Å². The van der Waals surface area contributed by atoms with Crippen LogP contribution in [-0.2, 0) is 21.5 Å². The molecule has 37 heavy (non-hydrogen) atoms. The summed E-state index contributed by atoms with van der Waals surface area (Å²) >= 11 is 25.3. The zero-order valence-corrected chi connectivity index (χ0v) is 23.4. The molecule has 0 saturated carbocycles. The number of carbonyl (C=O) groups is 2. The number of thioether (sulfide) groups is 1. The number of halogens is 4. The quantitative estimate of drug-likeness (QED) is 0.202. The Balaban J connectivity index is 1.61. The molecule has 0 radical (unpaired) electrons. The Hall–Kier alpha value is -2.40. The second kappa shape index (κ2) is 11.1. The molecule has 0 unspecified atom stereocenters. The number of imide groups is 1. The standard InChI is InChI=1S/C24H15Cl4NO6S2/c1-34-20-10-13(9-19(28)22(20)35-37(32,33)15-7-5-14(25)6-8-15)11-21-23(30)29(24(31)36-21)12-16-17(26)3-2-4-18(16)27/h2-11H,12H2,1H3/b21-11-. The lowest BCUT2D eigenvalue weighted by atomic mass is 10.1. The zero-order valence-electron chi connectivity index (χ0n) is 18.7. The van der Waals surface area contributed by atoms with Crippen molar-refractivity contribution in [3.05, 3.63) is 90.7 Å². The number of hydrogen-bond donors (Lipinski definition) is 0. The fourth-order valence-corrected chi connectivity index (χ4v) is 6.03. The number of amides is 2. The maximum absolute atomic E-state index is 13.0. The van der Waals surface area contributed by atoms with Crippen molar-refractivity contribution in [1.29, 1.82) is 0 Å². The molecule has 7 nitrogen and oxygen atoms in total. The highest BCUT2D eigenvalue weighted by atomic mass is 35.5. The van der Waals surface area contributed by atoms with Crippen LogP contribution in [0.4, 0.5) is 4.79 Å². The topological polar surface area (TPSA) is 90.0 Å². The predicted octanol–water partition coefficient (Wildman–Crippen LogP) is 7.31. The average Bonchev–Trinajstić information content (AvgIpc) is 3.10. The van der Waals surface area contributed by atoms with Gasteiger partial charge in [0.2, 0.25) is 5.75 Å². The van der Waals surface area contributed by atoms with Crippen LogP contribution < -0.4 is 8.92 Å². The van der Waals surface area contributed by atoms with E-state index in [2.05, 4.69) is 0 Å². The van der Waals surface area contributed by atoms with Gasteiger partial charge in [0, 0.05) is 20.6 Å². The molecule has 0 bridgehead atoms. The number of ether oxygens (including phenoxy) is 1. The molecule has 3 aromatic rings. The van der Waals surface area contributed by atoms with Crippen molar-refractivity contribution in [1.82, 2.24) is 4.90 Å². The minimum atomic E-state index is -4.25. The normalized spacial score (nSPS) is 14.9. The summed E-state index contributed by atoms with van der Waals surface area (Å²) in [5, 5.41) is 0.426. The van der Waals surface area contributed by atoms with Crippen LogP contribution in [0.25, 0.3) is 6.08 Å². The molecular formula is C24H15Cl4NO6S2. The zero-order chi connectivity index (χ0) is 26.9. The van der Waals surface area contributed by atoms with Crippen LogP contribution in [-0.4, -0.2) is 31.6 Å². The molecular weight excluding hydrogens is 604 g/mol. The lowest BCUT2D eigenvalue weighted by Gasteiger charge is -2.15. The minimum Gasteiger partial charge on any atom is -0.493 e. The van der Waals surface area contributed by atoms with E-state index in [0.29, 0.717) is 26.2 Å². The summed E-state index contributed by atoms with van der Waals surface area (Å²) < 4.78 is 35.9. The van der Waals surface area contributed by atoms with Crippen LogP contribution in [0.2, 0.25) is 20.1 Å². The molecule has 1 aliphatic rings. The largest absolute Gasteiger partial charge is 0.493 e. The number of carbonyl (C=O) groups excluding carboxylic acids is 2. The van der Waals surface area contributed by atoms with E-state index < -0.39 is 21.3 Å². The van der Waals surface area contributed by atoms with E-state index in [0.717, 1.165) is 16.7 Å². The number of hydrogen-bond acceptors (Lipinski definition) is 7. The molecule has 1 aliphatic heterocycles. The SMILES string of the molecule is COc1cc(/C=C2\SC(=O)N(Cc3c(Cl)cccc3Cl)C2=O)cc(Cl)c1OS(=O)(=O)c1ccc(Cl)cc1. The van der Waals surface area contributed by atoms with Crippen molar-refractivity contribution < 1.29 is 26.9 Å². The van der Waals surface area contributed by atoms with Gasteiger partial charge in [0.15, 0.2) is 5.75 Å². The Morgan fingerprint density at radius 1 is 0.946 bits per heavy atom. The van der Waals surface area contributed by atoms with E-state index in [4.69, 9.17) is 55.3 Å². The Bertz CT molecular complexity index is 1520. The van der Waals surface area contributed by atoms with Gasteiger partial charge in [0.05, 0.1) is 23.6 Å². The molecule has 0 spiro atoms. The van der Waals surface area contributed by atoms with E-state index in [1.807, 2.05) is 0 Å². The third kappa shape index (κ3) is 6.03. The van der Waals surface area contributed by atoms with Crippen LogP contribution in [0, 0.1) is 0 Å². The third-order valence-corrected chi connectivity index (χ3v) is 8.48. The smallest absolute Gasteiger partial charge is 0.339 e. The summed E-state index contributed by atoms with van der Waals surface area (Å²) in [5.74, 6) is -0.789. The Labute approximate surface area is 237 Å². The number of rotatable bonds is 7. The number of methoxy groups -OCH3 is 1. The van der Waals surface area contributed by atoms with Crippen LogP contribution >= 0.6 is 58.2 Å². The highest BCUT2D eigenvalue weighted by Crippen LogP contribution is 2.41. The summed E-state index contributed by atoms with van der Waals surface area (Å²) in [7, 11) is -2.95.